The van der Waals surface area contributed by atoms with Crippen LogP contribution in [0.25, 0.3) is 0 Å². The van der Waals surface area contributed by atoms with Gasteiger partial charge in [0.05, 0.1) is 0 Å². The smallest absolute Gasteiger partial charge is 0.243 e. The summed E-state index contributed by atoms with van der Waals surface area (Å²) in [4.78, 5) is 27.8. The van der Waals surface area contributed by atoms with E-state index in [4.69, 9.17) is 0 Å². The van der Waals surface area contributed by atoms with E-state index in [1.165, 1.54) is 0 Å². The van der Waals surface area contributed by atoms with Crippen molar-refractivity contribution in [3.63, 3.8) is 0 Å². The Kier molecular flexibility index (Phi) is 8.24. The molecule has 0 unspecified atom stereocenters. The molecule has 0 saturated heterocycles. The molecule has 4 nitrogen and oxygen atoms in total. The van der Waals surface area contributed by atoms with Gasteiger partial charge in [-0.3, -0.25) is 9.59 Å². The van der Waals surface area contributed by atoms with Gasteiger partial charge >= 0.3 is 0 Å². The molecular formula is C24H32N2O2. The maximum atomic E-state index is 13.1. The minimum Gasteiger partial charge on any atom is -0.352 e. The number of aryl methyl sites for hydroxylation is 1. The molecule has 150 valence electrons. The SMILES string of the molecule is CCC(=O)N(Cc1ccccc1C)[C@H](Cc1ccccc1)C(=O)N[C@@H](C)CC. The molecule has 0 aliphatic rings. The number of hydrogen-bond acceptors (Lipinski definition) is 2. The second kappa shape index (κ2) is 10.6. The molecule has 28 heavy (non-hydrogen) atoms. The number of hydrogen-bond donors (Lipinski definition) is 1. The number of nitrogens with one attached hydrogen (secondary N) is 1. The Bertz CT molecular complexity index is 773. The largest absolute Gasteiger partial charge is 0.352 e. The normalized spacial score (nSPS) is 12.9. The average molecular weight is 381 g/mol. The zero-order valence-corrected chi connectivity index (χ0v) is 17.4. The lowest BCUT2D eigenvalue weighted by Crippen LogP contribution is -2.52. The van der Waals surface area contributed by atoms with E-state index in [1.807, 2.05) is 82.3 Å². The van der Waals surface area contributed by atoms with E-state index < -0.39 is 6.04 Å². The first-order chi connectivity index (χ1) is 13.5. The molecule has 2 amide bonds. The molecular weight excluding hydrogens is 348 g/mol. The van der Waals surface area contributed by atoms with Gasteiger partial charge in [-0.25, -0.2) is 0 Å². The van der Waals surface area contributed by atoms with E-state index in [0.717, 1.165) is 23.1 Å². The summed E-state index contributed by atoms with van der Waals surface area (Å²) in [6, 6.07) is 17.5. The topological polar surface area (TPSA) is 49.4 Å². The van der Waals surface area contributed by atoms with E-state index in [1.54, 1.807) is 4.90 Å². The summed E-state index contributed by atoms with van der Waals surface area (Å²) in [7, 11) is 0. The Labute approximate surface area is 169 Å². The van der Waals surface area contributed by atoms with E-state index in [0.29, 0.717) is 19.4 Å². The van der Waals surface area contributed by atoms with Gasteiger partial charge in [0, 0.05) is 25.4 Å². The minimum absolute atomic E-state index is 0.0107. The fraction of sp³-hybridized carbons (Fsp3) is 0.417. The van der Waals surface area contributed by atoms with Crippen molar-refractivity contribution in [2.45, 2.75) is 65.6 Å². The summed E-state index contributed by atoms with van der Waals surface area (Å²) in [6.07, 6.45) is 1.72. The molecule has 0 aromatic heterocycles. The van der Waals surface area contributed by atoms with Gasteiger partial charge in [0.2, 0.25) is 11.8 Å². The van der Waals surface area contributed by atoms with E-state index in [9.17, 15) is 9.59 Å². The summed E-state index contributed by atoms with van der Waals surface area (Å²) >= 11 is 0. The van der Waals surface area contributed by atoms with Gasteiger partial charge in [0.15, 0.2) is 0 Å². The van der Waals surface area contributed by atoms with Crippen LogP contribution in [0, 0.1) is 6.92 Å². The van der Waals surface area contributed by atoms with Crippen molar-refractivity contribution in [1.29, 1.82) is 0 Å². The van der Waals surface area contributed by atoms with Crippen molar-refractivity contribution in [3.05, 3.63) is 71.3 Å². The molecule has 1 N–H and O–H groups in total. The second-order valence-electron chi connectivity index (χ2n) is 7.33. The molecule has 0 saturated carbocycles. The van der Waals surface area contributed by atoms with Crippen molar-refractivity contribution < 1.29 is 9.59 Å². The third kappa shape index (κ3) is 5.95. The van der Waals surface area contributed by atoms with E-state index in [-0.39, 0.29) is 17.9 Å². The Morgan fingerprint density at radius 2 is 1.64 bits per heavy atom. The van der Waals surface area contributed by atoms with Crippen LogP contribution >= 0.6 is 0 Å². The number of nitrogens with zero attached hydrogens (tertiary/aromatic N) is 1. The van der Waals surface area contributed by atoms with Gasteiger partial charge in [-0.2, -0.15) is 0 Å². The fourth-order valence-corrected chi connectivity index (χ4v) is 3.17. The Hall–Kier alpha value is -2.62. The first-order valence-corrected chi connectivity index (χ1v) is 10.1. The van der Waals surface area contributed by atoms with Gasteiger partial charge in [-0.05, 0) is 37.0 Å². The van der Waals surface area contributed by atoms with Crippen molar-refractivity contribution in [3.8, 4) is 0 Å². The quantitative estimate of drug-likeness (QED) is 0.707. The predicted molar refractivity (Wildman–Crippen MR) is 114 cm³/mol. The third-order valence-electron chi connectivity index (χ3n) is 5.18. The van der Waals surface area contributed by atoms with Crippen LogP contribution in [0.4, 0.5) is 0 Å². The van der Waals surface area contributed by atoms with Crippen molar-refractivity contribution in [2.24, 2.45) is 0 Å². The zero-order valence-electron chi connectivity index (χ0n) is 17.4. The molecule has 2 aromatic rings. The van der Waals surface area contributed by atoms with Crippen molar-refractivity contribution >= 4 is 11.8 Å². The summed E-state index contributed by atoms with van der Waals surface area (Å²) in [6.45, 7) is 8.35. The van der Waals surface area contributed by atoms with Crippen molar-refractivity contribution in [1.82, 2.24) is 10.2 Å². The average Bonchev–Trinajstić information content (AvgIpc) is 2.71. The highest BCUT2D eigenvalue weighted by molar-refractivity contribution is 5.88. The van der Waals surface area contributed by atoms with Crippen LogP contribution in [0.3, 0.4) is 0 Å². The molecule has 0 aliphatic carbocycles. The number of benzene rings is 2. The third-order valence-corrected chi connectivity index (χ3v) is 5.18. The number of carbonyl (C=O) groups excluding carboxylic acids is 2. The molecule has 0 bridgehead atoms. The number of amides is 2. The summed E-state index contributed by atoms with van der Waals surface area (Å²) in [5.74, 6) is -0.0999. The second-order valence-corrected chi connectivity index (χ2v) is 7.33. The number of carbonyl (C=O) groups is 2. The standard InChI is InChI=1S/C24H32N2O2/c1-5-19(4)25-24(28)22(16-20-13-8-7-9-14-20)26(23(27)6-2)17-21-15-11-10-12-18(21)3/h7-15,19,22H,5-6,16-17H2,1-4H3,(H,25,28)/t19-,22+/m0/s1. The lowest BCUT2D eigenvalue weighted by molar-refractivity contribution is -0.141. The lowest BCUT2D eigenvalue weighted by Gasteiger charge is -2.32. The molecule has 2 aromatic carbocycles. The van der Waals surface area contributed by atoms with Gasteiger partial charge in [-0.1, -0.05) is 68.4 Å². The Morgan fingerprint density at radius 1 is 1.00 bits per heavy atom. The Morgan fingerprint density at radius 3 is 2.25 bits per heavy atom. The summed E-state index contributed by atoms with van der Waals surface area (Å²) < 4.78 is 0. The minimum atomic E-state index is -0.538. The van der Waals surface area contributed by atoms with Crippen LogP contribution in [0.2, 0.25) is 0 Å². The first kappa shape index (κ1) is 21.7. The lowest BCUT2D eigenvalue weighted by atomic mass is 10.0. The van der Waals surface area contributed by atoms with Crippen LogP contribution in [-0.2, 0) is 22.6 Å². The highest BCUT2D eigenvalue weighted by Gasteiger charge is 2.30. The van der Waals surface area contributed by atoms with Gasteiger partial charge in [0.1, 0.15) is 6.04 Å². The predicted octanol–water partition coefficient (Wildman–Crippen LogP) is 4.26. The number of rotatable bonds is 9. The van der Waals surface area contributed by atoms with Crippen LogP contribution in [-0.4, -0.2) is 28.8 Å². The molecule has 0 spiro atoms. The molecule has 0 fully saturated rings. The molecule has 4 heteroatoms. The molecule has 0 heterocycles. The van der Waals surface area contributed by atoms with Gasteiger partial charge in [-0.15, -0.1) is 0 Å². The van der Waals surface area contributed by atoms with E-state index >= 15 is 0 Å². The zero-order chi connectivity index (χ0) is 20.5. The molecule has 2 atom stereocenters. The van der Waals surface area contributed by atoms with Crippen molar-refractivity contribution in [2.75, 3.05) is 0 Å². The van der Waals surface area contributed by atoms with E-state index in [2.05, 4.69) is 5.32 Å². The fourth-order valence-electron chi connectivity index (χ4n) is 3.17. The first-order valence-electron chi connectivity index (χ1n) is 10.1. The van der Waals surface area contributed by atoms with Gasteiger partial charge < -0.3 is 10.2 Å². The van der Waals surface area contributed by atoms with Crippen LogP contribution in [0.1, 0.15) is 50.3 Å². The molecule has 2 rings (SSSR count). The summed E-state index contributed by atoms with van der Waals surface area (Å²) in [5.41, 5.74) is 3.24. The summed E-state index contributed by atoms with van der Waals surface area (Å²) in [5, 5.41) is 3.08. The van der Waals surface area contributed by atoms with Gasteiger partial charge in [0.25, 0.3) is 0 Å². The van der Waals surface area contributed by atoms with Crippen LogP contribution in [0.5, 0.6) is 0 Å². The molecule has 0 aliphatic heterocycles. The van der Waals surface area contributed by atoms with Crippen LogP contribution in [0.15, 0.2) is 54.6 Å². The monoisotopic (exact) mass is 380 g/mol. The highest BCUT2D eigenvalue weighted by atomic mass is 16.2. The van der Waals surface area contributed by atoms with Crippen LogP contribution < -0.4 is 5.32 Å². The molecule has 0 radical (unpaired) electrons. The Balaban J connectivity index is 2.37. The maximum absolute atomic E-state index is 13.1. The maximum Gasteiger partial charge on any atom is 0.243 e. The highest BCUT2D eigenvalue weighted by Crippen LogP contribution is 2.18.